The first kappa shape index (κ1) is 19.0. The molecule has 3 aromatic rings. The van der Waals surface area contributed by atoms with Crippen molar-refractivity contribution in [1.82, 2.24) is 19.5 Å². The van der Waals surface area contributed by atoms with E-state index in [0.717, 1.165) is 53.2 Å². The number of hydrogen-bond acceptors (Lipinski definition) is 4. The van der Waals surface area contributed by atoms with Crippen molar-refractivity contribution in [2.24, 2.45) is 0 Å². The molecule has 138 valence electrons. The second-order valence-electron chi connectivity index (χ2n) is 6.33. The van der Waals surface area contributed by atoms with Gasteiger partial charge in [0.1, 0.15) is 0 Å². The first-order chi connectivity index (χ1) is 12.5. The highest BCUT2D eigenvalue weighted by Gasteiger charge is 2.16. The van der Waals surface area contributed by atoms with Crippen LogP contribution in [0.5, 0.6) is 0 Å². The Balaban J connectivity index is 1.90. The lowest BCUT2D eigenvalue weighted by Crippen LogP contribution is -2.33. The van der Waals surface area contributed by atoms with Gasteiger partial charge in [0, 0.05) is 23.5 Å². The van der Waals surface area contributed by atoms with Crippen molar-refractivity contribution in [1.29, 1.82) is 0 Å². The van der Waals surface area contributed by atoms with Crippen LogP contribution in [-0.4, -0.2) is 44.2 Å². The molecule has 0 saturated heterocycles. The van der Waals surface area contributed by atoms with Crippen LogP contribution in [0.1, 0.15) is 32.3 Å². The Bertz CT molecular complexity index is 934. The quantitative estimate of drug-likeness (QED) is 0.554. The van der Waals surface area contributed by atoms with Gasteiger partial charge in [-0.3, -0.25) is 9.20 Å². The number of aryl methyl sites for hydroxylation is 1. The van der Waals surface area contributed by atoms with E-state index in [1.165, 1.54) is 11.8 Å². The summed E-state index contributed by atoms with van der Waals surface area (Å²) >= 11 is 7.59. The lowest BCUT2D eigenvalue weighted by atomic mass is 10.1. The summed E-state index contributed by atoms with van der Waals surface area (Å²) in [5, 5.41) is 11.1. The molecule has 0 aliphatic heterocycles. The summed E-state index contributed by atoms with van der Waals surface area (Å²) in [6.07, 6.45) is 1.93. The number of hydrogen-bond donors (Lipinski definition) is 0. The van der Waals surface area contributed by atoms with Crippen LogP contribution >= 0.6 is 23.4 Å². The Morgan fingerprint density at radius 1 is 1.19 bits per heavy atom. The highest BCUT2D eigenvalue weighted by atomic mass is 35.5. The minimum Gasteiger partial charge on any atom is -0.342 e. The number of rotatable bonds is 7. The van der Waals surface area contributed by atoms with Crippen LogP contribution in [0.25, 0.3) is 16.6 Å². The van der Waals surface area contributed by atoms with Gasteiger partial charge in [0.05, 0.1) is 11.3 Å². The predicted octanol–water partition coefficient (Wildman–Crippen LogP) is 4.59. The molecule has 0 saturated carbocycles. The molecule has 2 heterocycles. The maximum atomic E-state index is 12.5. The smallest absolute Gasteiger partial charge is 0.233 e. The van der Waals surface area contributed by atoms with Crippen molar-refractivity contribution < 1.29 is 4.79 Å². The number of fused-ring (bicyclic) bond motifs is 3. The molecule has 7 heteroatoms. The van der Waals surface area contributed by atoms with Gasteiger partial charge in [0.15, 0.2) is 10.8 Å². The zero-order chi connectivity index (χ0) is 18.7. The third-order valence-corrected chi connectivity index (χ3v) is 5.44. The van der Waals surface area contributed by atoms with E-state index in [4.69, 9.17) is 11.6 Å². The van der Waals surface area contributed by atoms with Gasteiger partial charge in [0.25, 0.3) is 0 Å². The zero-order valence-corrected chi connectivity index (χ0v) is 16.9. The zero-order valence-electron chi connectivity index (χ0n) is 15.3. The van der Waals surface area contributed by atoms with Crippen LogP contribution < -0.4 is 0 Å². The van der Waals surface area contributed by atoms with Crippen molar-refractivity contribution in [3.63, 3.8) is 0 Å². The maximum Gasteiger partial charge on any atom is 0.233 e. The summed E-state index contributed by atoms with van der Waals surface area (Å²) in [7, 11) is 0. The van der Waals surface area contributed by atoms with Gasteiger partial charge in [0.2, 0.25) is 5.91 Å². The summed E-state index contributed by atoms with van der Waals surface area (Å²) < 4.78 is 2.00. The van der Waals surface area contributed by atoms with Gasteiger partial charge in [-0.2, -0.15) is 0 Å². The summed E-state index contributed by atoms with van der Waals surface area (Å²) in [4.78, 5) is 14.5. The van der Waals surface area contributed by atoms with E-state index < -0.39 is 0 Å². The number of halogens is 1. The Morgan fingerprint density at radius 3 is 2.62 bits per heavy atom. The number of carbonyl (C=O) groups is 1. The lowest BCUT2D eigenvalue weighted by Gasteiger charge is -2.21. The fourth-order valence-electron chi connectivity index (χ4n) is 3.10. The molecule has 0 fully saturated rings. The second kappa shape index (κ2) is 8.27. The minimum absolute atomic E-state index is 0.148. The third kappa shape index (κ3) is 3.81. The molecule has 3 rings (SSSR count). The number of nitrogens with zero attached hydrogens (tertiary/aromatic N) is 4. The fourth-order valence-corrected chi connectivity index (χ4v) is 4.13. The molecule has 26 heavy (non-hydrogen) atoms. The van der Waals surface area contributed by atoms with Crippen LogP contribution in [0.15, 0.2) is 29.4 Å². The molecule has 0 aliphatic carbocycles. The first-order valence-corrected chi connectivity index (χ1v) is 10.3. The standard InChI is InChI=1S/C19H23ClN4OS/c1-4-8-23(9-5-2)18(25)12-26-19-22-21-17-10-13(3)15-11-14(20)6-7-16(15)24(17)19/h6-7,10-11H,4-5,8-9,12H2,1-3H3. The topological polar surface area (TPSA) is 50.5 Å². The van der Waals surface area contributed by atoms with Crippen LogP contribution in [0.2, 0.25) is 5.02 Å². The Morgan fingerprint density at radius 2 is 1.92 bits per heavy atom. The molecule has 0 radical (unpaired) electrons. The van der Waals surface area contributed by atoms with Crippen molar-refractivity contribution in [3.05, 3.63) is 34.9 Å². The van der Waals surface area contributed by atoms with Gasteiger partial charge in [-0.1, -0.05) is 37.2 Å². The van der Waals surface area contributed by atoms with Crippen LogP contribution in [0.4, 0.5) is 0 Å². The number of benzene rings is 1. The van der Waals surface area contributed by atoms with E-state index in [2.05, 4.69) is 24.0 Å². The average Bonchev–Trinajstić information content (AvgIpc) is 3.02. The van der Waals surface area contributed by atoms with E-state index in [1.807, 2.05) is 40.5 Å². The molecule has 1 amide bonds. The highest BCUT2D eigenvalue weighted by Crippen LogP contribution is 2.28. The molecule has 0 spiro atoms. The first-order valence-electron chi connectivity index (χ1n) is 8.89. The summed E-state index contributed by atoms with van der Waals surface area (Å²) in [5.41, 5.74) is 2.89. The predicted molar refractivity (Wildman–Crippen MR) is 108 cm³/mol. The molecular weight excluding hydrogens is 368 g/mol. The van der Waals surface area contributed by atoms with Crippen molar-refractivity contribution in [3.8, 4) is 0 Å². The molecule has 0 bridgehead atoms. The Kier molecular flexibility index (Phi) is 6.04. The van der Waals surface area contributed by atoms with Gasteiger partial charge in [-0.15, -0.1) is 10.2 Å². The minimum atomic E-state index is 0.148. The van der Waals surface area contributed by atoms with Gasteiger partial charge < -0.3 is 4.90 Å². The highest BCUT2D eigenvalue weighted by molar-refractivity contribution is 7.99. The largest absolute Gasteiger partial charge is 0.342 e. The average molecular weight is 391 g/mol. The number of thioether (sulfide) groups is 1. The molecule has 2 aromatic heterocycles. The summed E-state index contributed by atoms with van der Waals surface area (Å²) in [6, 6.07) is 7.80. The second-order valence-corrected chi connectivity index (χ2v) is 7.71. The van der Waals surface area contributed by atoms with E-state index >= 15 is 0 Å². The number of amides is 1. The van der Waals surface area contributed by atoms with Gasteiger partial charge in [-0.25, -0.2) is 0 Å². The number of pyridine rings is 1. The molecule has 1 aromatic carbocycles. The lowest BCUT2D eigenvalue weighted by molar-refractivity contribution is -0.128. The Labute approximate surface area is 162 Å². The van der Waals surface area contributed by atoms with Crippen LogP contribution in [-0.2, 0) is 4.79 Å². The van der Waals surface area contributed by atoms with E-state index in [9.17, 15) is 4.79 Å². The molecular formula is C19H23ClN4OS. The van der Waals surface area contributed by atoms with Gasteiger partial charge in [-0.05, 0) is 49.6 Å². The van der Waals surface area contributed by atoms with Crippen molar-refractivity contribution >= 4 is 45.8 Å². The van der Waals surface area contributed by atoms with Crippen LogP contribution in [0, 0.1) is 6.92 Å². The molecule has 0 aliphatic rings. The fraction of sp³-hybridized carbons (Fsp3) is 0.421. The Hall–Kier alpha value is -1.79. The number of carbonyl (C=O) groups excluding carboxylic acids is 1. The molecule has 5 nitrogen and oxygen atoms in total. The SMILES string of the molecule is CCCN(CCC)C(=O)CSc1nnc2cc(C)c3cc(Cl)ccc3n12. The van der Waals surface area contributed by atoms with Crippen molar-refractivity contribution in [2.75, 3.05) is 18.8 Å². The van der Waals surface area contributed by atoms with Gasteiger partial charge >= 0.3 is 0 Å². The molecule has 0 unspecified atom stereocenters. The number of aromatic nitrogens is 3. The normalized spacial score (nSPS) is 11.4. The van der Waals surface area contributed by atoms with E-state index in [0.29, 0.717) is 10.8 Å². The molecule has 0 N–H and O–H groups in total. The van der Waals surface area contributed by atoms with E-state index in [1.54, 1.807) is 0 Å². The summed E-state index contributed by atoms with van der Waals surface area (Å²) in [5.74, 6) is 0.513. The molecule has 0 atom stereocenters. The van der Waals surface area contributed by atoms with Crippen molar-refractivity contribution in [2.45, 2.75) is 38.8 Å². The maximum absolute atomic E-state index is 12.5. The van der Waals surface area contributed by atoms with E-state index in [-0.39, 0.29) is 5.91 Å². The van der Waals surface area contributed by atoms with Crippen LogP contribution in [0.3, 0.4) is 0 Å². The summed E-state index contributed by atoms with van der Waals surface area (Å²) in [6.45, 7) is 7.82. The monoisotopic (exact) mass is 390 g/mol. The third-order valence-electron chi connectivity index (χ3n) is 4.29.